The van der Waals surface area contributed by atoms with Gasteiger partial charge in [-0.2, -0.15) is 0 Å². The molecule has 134 valence electrons. The largest absolute Gasteiger partial charge is 0.451 e. The van der Waals surface area contributed by atoms with Gasteiger partial charge in [-0.1, -0.05) is 23.2 Å². The Morgan fingerprint density at radius 3 is 2.72 bits per heavy atom. The van der Waals surface area contributed by atoms with Crippen molar-refractivity contribution in [1.82, 2.24) is 16.2 Å². The number of furan rings is 1. The first-order valence-electron chi connectivity index (χ1n) is 7.31. The van der Waals surface area contributed by atoms with Gasteiger partial charge in [0.05, 0.1) is 11.6 Å². The molecule has 6 nitrogen and oxygen atoms in total. The monoisotopic (exact) mass is 401 g/mol. The van der Waals surface area contributed by atoms with Crippen LogP contribution in [0, 0.1) is 0 Å². The summed E-state index contributed by atoms with van der Waals surface area (Å²) in [6.45, 7) is 2.38. The minimum atomic E-state index is -0.472. The normalized spacial score (nSPS) is 11.7. The van der Waals surface area contributed by atoms with E-state index in [1.165, 1.54) is 0 Å². The maximum atomic E-state index is 12.1. The molecule has 0 bridgehead atoms. The number of hydrogen-bond acceptors (Lipinski definition) is 4. The Hall–Kier alpha value is -1.80. The molecule has 0 aliphatic carbocycles. The molecule has 0 radical (unpaired) electrons. The van der Waals surface area contributed by atoms with Crippen molar-refractivity contribution in [2.24, 2.45) is 0 Å². The van der Waals surface area contributed by atoms with Crippen LogP contribution in [0.4, 0.5) is 0 Å². The highest BCUT2D eigenvalue weighted by Gasteiger charge is 2.14. The molecule has 0 aliphatic heterocycles. The van der Waals surface area contributed by atoms with E-state index in [2.05, 4.69) is 16.2 Å². The molecule has 0 unspecified atom stereocenters. The summed E-state index contributed by atoms with van der Waals surface area (Å²) in [4.78, 5) is 12.1. The van der Waals surface area contributed by atoms with E-state index in [1.807, 2.05) is 6.92 Å². The van der Waals surface area contributed by atoms with Crippen molar-refractivity contribution in [2.45, 2.75) is 13.0 Å². The number of carbonyl (C=O) groups excluding carboxylic acids is 1. The molecule has 0 spiro atoms. The molecule has 3 N–H and O–H groups in total. The van der Waals surface area contributed by atoms with E-state index in [9.17, 15) is 4.79 Å². The number of amides is 1. The molecule has 25 heavy (non-hydrogen) atoms. The van der Waals surface area contributed by atoms with Gasteiger partial charge in [0.1, 0.15) is 5.76 Å². The van der Waals surface area contributed by atoms with E-state index in [1.54, 1.807) is 37.4 Å². The molecular formula is C16H17Cl2N3O3S. The first kappa shape index (κ1) is 19.5. The minimum absolute atomic E-state index is 0.00386. The van der Waals surface area contributed by atoms with E-state index in [0.29, 0.717) is 28.0 Å². The number of methoxy groups -OCH3 is 1. The van der Waals surface area contributed by atoms with Crippen molar-refractivity contribution in [2.75, 3.05) is 13.7 Å². The molecule has 2 aromatic rings. The molecule has 1 heterocycles. The fraction of sp³-hybridized carbons (Fsp3) is 0.250. The Morgan fingerprint density at radius 2 is 2.04 bits per heavy atom. The summed E-state index contributed by atoms with van der Waals surface area (Å²) < 4.78 is 10.5. The number of hydrogen-bond donors (Lipinski definition) is 3. The third kappa shape index (κ3) is 5.61. The second kappa shape index (κ2) is 9.05. The van der Waals surface area contributed by atoms with Crippen molar-refractivity contribution in [3.63, 3.8) is 0 Å². The average molecular weight is 402 g/mol. The number of hydrazine groups is 1. The van der Waals surface area contributed by atoms with Crippen LogP contribution in [0.5, 0.6) is 0 Å². The van der Waals surface area contributed by atoms with Crippen LogP contribution in [-0.2, 0) is 4.74 Å². The molecular weight excluding hydrogens is 385 g/mol. The standard InChI is InChI=1S/C16H17Cl2N3O3S/c1-9(8-23-2)19-16(25)21-20-15(22)14-6-5-13(24-14)11-4-3-10(17)7-12(11)18/h3-7,9H,8H2,1-2H3,(H,20,22)(H2,19,21,25)/t9-/m1/s1. The predicted octanol–water partition coefficient (Wildman–Crippen LogP) is 3.40. The molecule has 2 rings (SSSR count). The van der Waals surface area contributed by atoms with E-state index >= 15 is 0 Å². The number of rotatable bonds is 5. The SMILES string of the molecule is COC[C@@H](C)NC(=S)NNC(=O)c1ccc(-c2ccc(Cl)cc2Cl)o1. The second-order valence-electron chi connectivity index (χ2n) is 5.20. The van der Waals surface area contributed by atoms with Gasteiger partial charge in [0.15, 0.2) is 10.9 Å². The molecule has 1 aromatic carbocycles. The Morgan fingerprint density at radius 1 is 1.28 bits per heavy atom. The van der Waals surface area contributed by atoms with Gasteiger partial charge >= 0.3 is 5.91 Å². The van der Waals surface area contributed by atoms with Crippen LogP contribution in [0.1, 0.15) is 17.5 Å². The summed E-state index contributed by atoms with van der Waals surface area (Å²) in [6, 6.07) is 8.22. The van der Waals surface area contributed by atoms with Crippen molar-refractivity contribution < 1.29 is 13.9 Å². The quantitative estimate of drug-likeness (QED) is 0.526. The zero-order valence-electron chi connectivity index (χ0n) is 13.6. The fourth-order valence-corrected chi connectivity index (χ4v) is 2.77. The molecule has 1 amide bonds. The smallest absolute Gasteiger partial charge is 0.305 e. The first-order chi connectivity index (χ1) is 11.9. The lowest BCUT2D eigenvalue weighted by atomic mass is 10.2. The van der Waals surface area contributed by atoms with Crippen molar-refractivity contribution in [3.8, 4) is 11.3 Å². The highest BCUT2D eigenvalue weighted by atomic mass is 35.5. The Kier molecular flexibility index (Phi) is 7.07. The van der Waals surface area contributed by atoms with Gasteiger partial charge in [0.2, 0.25) is 0 Å². The van der Waals surface area contributed by atoms with E-state index in [0.717, 1.165) is 0 Å². The number of carbonyl (C=O) groups is 1. The van der Waals surface area contributed by atoms with Crippen LogP contribution in [0.25, 0.3) is 11.3 Å². The van der Waals surface area contributed by atoms with Gasteiger partial charge in [0, 0.05) is 23.7 Å². The summed E-state index contributed by atoms with van der Waals surface area (Å²) in [7, 11) is 1.60. The van der Waals surface area contributed by atoms with Gasteiger partial charge in [-0.15, -0.1) is 0 Å². The van der Waals surface area contributed by atoms with Crippen LogP contribution < -0.4 is 16.2 Å². The predicted molar refractivity (Wildman–Crippen MR) is 102 cm³/mol. The van der Waals surface area contributed by atoms with E-state index in [-0.39, 0.29) is 16.9 Å². The Balaban J connectivity index is 1.95. The average Bonchev–Trinajstić information content (AvgIpc) is 3.02. The molecule has 0 fully saturated rings. The maximum Gasteiger partial charge on any atom is 0.305 e. The van der Waals surface area contributed by atoms with E-state index < -0.39 is 5.91 Å². The molecule has 0 aliphatic rings. The van der Waals surface area contributed by atoms with Crippen LogP contribution in [0.2, 0.25) is 10.0 Å². The fourth-order valence-electron chi connectivity index (χ4n) is 2.02. The summed E-state index contributed by atoms with van der Waals surface area (Å²) >= 11 is 17.1. The third-order valence-electron chi connectivity index (χ3n) is 3.11. The van der Waals surface area contributed by atoms with Crippen LogP contribution in [0.15, 0.2) is 34.7 Å². The lowest BCUT2D eigenvalue weighted by Crippen LogP contribution is -2.49. The third-order valence-corrected chi connectivity index (χ3v) is 3.88. The summed E-state index contributed by atoms with van der Waals surface area (Å²) in [5.74, 6) is 0.0994. The zero-order valence-corrected chi connectivity index (χ0v) is 15.9. The summed E-state index contributed by atoms with van der Waals surface area (Å²) in [5, 5.41) is 4.17. The highest BCUT2D eigenvalue weighted by molar-refractivity contribution is 7.80. The van der Waals surface area contributed by atoms with Crippen molar-refractivity contribution >= 4 is 46.4 Å². The molecule has 1 aromatic heterocycles. The zero-order chi connectivity index (χ0) is 18.4. The Labute approximate surface area is 160 Å². The summed E-state index contributed by atoms with van der Waals surface area (Å²) in [6.07, 6.45) is 0. The second-order valence-corrected chi connectivity index (χ2v) is 6.45. The van der Waals surface area contributed by atoms with Gasteiger partial charge < -0.3 is 14.5 Å². The van der Waals surface area contributed by atoms with Crippen LogP contribution in [-0.4, -0.2) is 30.8 Å². The molecule has 0 saturated heterocycles. The van der Waals surface area contributed by atoms with Gasteiger partial charge in [-0.05, 0) is 49.5 Å². The molecule has 9 heteroatoms. The van der Waals surface area contributed by atoms with E-state index in [4.69, 9.17) is 44.6 Å². The van der Waals surface area contributed by atoms with Crippen LogP contribution >= 0.6 is 35.4 Å². The van der Waals surface area contributed by atoms with Crippen LogP contribution in [0.3, 0.4) is 0 Å². The molecule has 0 saturated carbocycles. The van der Waals surface area contributed by atoms with Crippen molar-refractivity contribution in [3.05, 3.63) is 46.1 Å². The number of nitrogens with one attached hydrogen (secondary N) is 3. The lowest BCUT2D eigenvalue weighted by Gasteiger charge is -2.16. The van der Waals surface area contributed by atoms with Gasteiger partial charge in [-0.25, -0.2) is 0 Å². The van der Waals surface area contributed by atoms with Gasteiger partial charge in [0.25, 0.3) is 0 Å². The van der Waals surface area contributed by atoms with Crippen molar-refractivity contribution in [1.29, 1.82) is 0 Å². The topological polar surface area (TPSA) is 75.5 Å². The maximum absolute atomic E-state index is 12.1. The number of ether oxygens (including phenoxy) is 1. The minimum Gasteiger partial charge on any atom is -0.451 e. The highest BCUT2D eigenvalue weighted by Crippen LogP contribution is 2.31. The van der Waals surface area contributed by atoms with Gasteiger partial charge in [-0.3, -0.25) is 15.6 Å². The Bertz CT molecular complexity index is 767. The number of benzene rings is 1. The summed E-state index contributed by atoms with van der Waals surface area (Å²) in [5.41, 5.74) is 5.70. The number of halogens is 2. The molecule has 1 atom stereocenters. The lowest BCUT2D eigenvalue weighted by molar-refractivity contribution is 0.0916. The first-order valence-corrected chi connectivity index (χ1v) is 8.48. The number of thiocarbonyl (C=S) groups is 1.